The highest BCUT2D eigenvalue weighted by Crippen LogP contribution is 2.26. The van der Waals surface area contributed by atoms with Crippen molar-refractivity contribution in [1.82, 2.24) is 4.31 Å². The summed E-state index contributed by atoms with van der Waals surface area (Å²) in [7, 11) is -3.41. The molecule has 1 atom stereocenters. The van der Waals surface area contributed by atoms with Crippen molar-refractivity contribution in [2.24, 2.45) is 5.73 Å². The van der Waals surface area contributed by atoms with Gasteiger partial charge in [0, 0.05) is 18.8 Å². The monoisotopic (exact) mass is 395 g/mol. The number of anilines is 1. The van der Waals surface area contributed by atoms with Gasteiger partial charge in [0.2, 0.25) is 10.0 Å². The molecule has 0 aliphatic carbocycles. The van der Waals surface area contributed by atoms with Gasteiger partial charge in [-0.2, -0.15) is 4.31 Å². The molecule has 1 heterocycles. The van der Waals surface area contributed by atoms with E-state index in [1.165, 1.54) is 0 Å². The van der Waals surface area contributed by atoms with E-state index in [-0.39, 0.29) is 0 Å². The first-order valence-corrected chi connectivity index (χ1v) is 11.1. The van der Waals surface area contributed by atoms with Crippen LogP contribution in [0.4, 0.5) is 5.69 Å². The highest BCUT2D eigenvalue weighted by molar-refractivity contribution is 7.89. The predicted octanol–water partition coefficient (Wildman–Crippen LogP) is 4.08. The van der Waals surface area contributed by atoms with E-state index in [0.29, 0.717) is 18.0 Å². The summed E-state index contributed by atoms with van der Waals surface area (Å²) >= 11 is 0. The fourth-order valence-electron chi connectivity index (χ4n) is 3.76. The lowest BCUT2D eigenvalue weighted by atomic mass is 10.0. The number of nitrogens with zero attached hydrogens (tertiary/aromatic N) is 1. The van der Waals surface area contributed by atoms with E-state index < -0.39 is 16.2 Å². The summed E-state index contributed by atoms with van der Waals surface area (Å²) in [6, 6.07) is 21.1. The van der Waals surface area contributed by atoms with Crippen molar-refractivity contribution in [2.75, 3.05) is 18.4 Å². The van der Waals surface area contributed by atoms with E-state index in [4.69, 9.17) is 5.73 Å². The van der Waals surface area contributed by atoms with Crippen LogP contribution in [-0.4, -0.2) is 25.8 Å². The first-order chi connectivity index (χ1) is 13.6. The largest absolute Gasteiger partial charge is 0.366 e. The van der Waals surface area contributed by atoms with Gasteiger partial charge in [-0.15, -0.1) is 0 Å². The standard InChI is InChI=1S/C22H25N3O2S/c23-22(21-10-6-8-17-7-2-3-9-20(17)21)24-18-11-13-19(14-12-18)28(26,27)25-15-4-1-5-16-25/h2-3,6-14,22,24H,1,4-5,15-16,23H2. The van der Waals surface area contributed by atoms with E-state index >= 15 is 0 Å². The van der Waals surface area contributed by atoms with E-state index in [1.54, 1.807) is 28.6 Å². The number of nitrogens with two attached hydrogens (primary N) is 1. The van der Waals surface area contributed by atoms with Crippen LogP contribution in [0, 0.1) is 0 Å². The Morgan fingerprint density at radius 2 is 1.54 bits per heavy atom. The molecule has 0 saturated carbocycles. The number of nitrogens with one attached hydrogen (secondary N) is 1. The molecule has 5 nitrogen and oxygen atoms in total. The van der Waals surface area contributed by atoms with E-state index in [2.05, 4.69) is 23.5 Å². The van der Waals surface area contributed by atoms with Crippen molar-refractivity contribution in [3.8, 4) is 0 Å². The molecule has 3 aromatic rings. The zero-order chi connectivity index (χ0) is 19.6. The van der Waals surface area contributed by atoms with Crippen LogP contribution in [0.3, 0.4) is 0 Å². The average molecular weight is 396 g/mol. The van der Waals surface area contributed by atoms with Gasteiger partial charge in [-0.1, -0.05) is 48.9 Å². The third kappa shape index (κ3) is 3.76. The van der Waals surface area contributed by atoms with E-state index in [9.17, 15) is 8.42 Å². The lowest BCUT2D eigenvalue weighted by Gasteiger charge is -2.26. The molecule has 0 bridgehead atoms. The van der Waals surface area contributed by atoms with Crippen molar-refractivity contribution in [1.29, 1.82) is 0 Å². The van der Waals surface area contributed by atoms with Gasteiger partial charge >= 0.3 is 0 Å². The molecule has 28 heavy (non-hydrogen) atoms. The number of sulfonamides is 1. The quantitative estimate of drug-likeness (QED) is 0.638. The Balaban J connectivity index is 1.53. The van der Waals surface area contributed by atoms with E-state index in [1.807, 2.05) is 24.3 Å². The number of benzene rings is 3. The van der Waals surface area contributed by atoms with Crippen LogP contribution in [0.2, 0.25) is 0 Å². The minimum atomic E-state index is -3.41. The zero-order valence-electron chi connectivity index (χ0n) is 15.7. The fourth-order valence-corrected chi connectivity index (χ4v) is 5.27. The van der Waals surface area contributed by atoms with Gasteiger partial charge in [0.15, 0.2) is 0 Å². The second-order valence-electron chi connectivity index (χ2n) is 7.18. The fraction of sp³-hybridized carbons (Fsp3) is 0.273. The molecule has 3 aromatic carbocycles. The van der Waals surface area contributed by atoms with Crippen molar-refractivity contribution in [2.45, 2.75) is 30.3 Å². The predicted molar refractivity (Wildman–Crippen MR) is 114 cm³/mol. The first kappa shape index (κ1) is 18.9. The van der Waals surface area contributed by atoms with Crippen LogP contribution in [0.25, 0.3) is 10.8 Å². The van der Waals surface area contributed by atoms with Crippen molar-refractivity contribution >= 4 is 26.5 Å². The Hall–Kier alpha value is -2.41. The molecule has 0 amide bonds. The van der Waals surface area contributed by atoms with Crippen molar-refractivity contribution < 1.29 is 8.42 Å². The second kappa shape index (κ2) is 7.91. The maximum Gasteiger partial charge on any atom is 0.243 e. The Morgan fingerprint density at radius 1 is 0.857 bits per heavy atom. The zero-order valence-corrected chi connectivity index (χ0v) is 16.5. The average Bonchev–Trinajstić information content (AvgIpc) is 2.74. The Labute approximate surface area is 166 Å². The van der Waals surface area contributed by atoms with Crippen molar-refractivity contribution in [3.63, 3.8) is 0 Å². The third-order valence-corrected chi connectivity index (χ3v) is 7.20. The van der Waals surface area contributed by atoms with Crippen molar-refractivity contribution in [3.05, 3.63) is 72.3 Å². The molecule has 1 aliphatic heterocycles. The summed E-state index contributed by atoms with van der Waals surface area (Å²) in [6.07, 6.45) is 2.56. The molecular weight excluding hydrogens is 370 g/mol. The summed E-state index contributed by atoms with van der Waals surface area (Å²) in [5.74, 6) is 0. The van der Waals surface area contributed by atoms with Gasteiger partial charge in [-0.3, -0.25) is 0 Å². The van der Waals surface area contributed by atoms with Gasteiger partial charge in [0.25, 0.3) is 0 Å². The lowest BCUT2D eigenvalue weighted by molar-refractivity contribution is 0.346. The van der Waals surface area contributed by atoms with Crippen LogP contribution in [0.15, 0.2) is 71.6 Å². The van der Waals surface area contributed by atoms with Gasteiger partial charge in [-0.05, 0) is 53.4 Å². The Kier molecular flexibility index (Phi) is 5.35. The topological polar surface area (TPSA) is 75.4 Å². The molecule has 146 valence electrons. The van der Waals surface area contributed by atoms with E-state index in [0.717, 1.165) is 41.3 Å². The smallest absolute Gasteiger partial charge is 0.243 e. The minimum absolute atomic E-state index is 0.332. The number of rotatable bonds is 5. The number of hydrogen-bond acceptors (Lipinski definition) is 4. The van der Waals surface area contributed by atoms with Gasteiger partial charge in [-0.25, -0.2) is 8.42 Å². The molecule has 6 heteroatoms. The molecular formula is C22H25N3O2S. The summed E-state index contributed by atoms with van der Waals surface area (Å²) in [5, 5.41) is 5.52. The third-order valence-electron chi connectivity index (χ3n) is 5.29. The minimum Gasteiger partial charge on any atom is -0.366 e. The molecule has 3 N–H and O–H groups in total. The molecule has 0 aromatic heterocycles. The first-order valence-electron chi connectivity index (χ1n) is 9.66. The van der Waals surface area contributed by atoms with Crippen LogP contribution in [0.1, 0.15) is 31.0 Å². The Morgan fingerprint density at radius 3 is 2.29 bits per heavy atom. The SMILES string of the molecule is NC(Nc1ccc(S(=O)(=O)N2CCCCC2)cc1)c1cccc2ccccc12. The van der Waals surface area contributed by atoms with Gasteiger partial charge in [0.1, 0.15) is 6.17 Å². The molecule has 4 rings (SSSR count). The normalized spacial score (nSPS) is 16.8. The summed E-state index contributed by atoms with van der Waals surface area (Å²) in [6.45, 7) is 1.21. The molecule has 1 fully saturated rings. The maximum absolute atomic E-state index is 12.8. The Bertz CT molecular complexity index is 1050. The highest BCUT2D eigenvalue weighted by atomic mass is 32.2. The van der Waals surface area contributed by atoms with Crippen LogP contribution in [-0.2, 0) is 10.0 Å². The molecule has 1 unspecified atom stereocenters. The van der Waals surface area contributed by atoms with Crippen LogP contribution >= 0.6 is 0 Å². The molecule has 1 saturated heterocycles. The lowest BCUT2D eigenvalue weighted by Crippen LogP contribution is -2.35. The number of piperidine rings is 1. The summed E-state index contributed by atoms with van der Waals surface area (Å²) in [4.78, 5) is 0.332. The summed E-state index contributed by atoms with van der Waals surface area (Å²) < 4.78 is 27.1. The van der Waals surface area contributed by atoms with Gasteiger partial charge in [0.05, 0.1) is 4.90 Å². The van der Waals surface area contributed by atoms with Crippen LogP contribution in [0.5, 0.6) is 0 Å². The van der Waals surface area contributed by atoms with Gasteiger partial charge < -0.3 is 11.1 Å². The summed E-state index contributed by atoms with van der Waals surface area (Å²) in [5.41, 5.74) is 8.19. The maximum atomic E-state index is 12.8. The highest BCUT2D eigenvalue weighted by Gasteiger charge is 2.25. The van der Waals surface area contributed by atoms with Crippen LogP contribution < -0.4 is 11.1 Å². The number of fused-ring (bicyclic) bond motifs is 1. The second-order valence-corrected chi connectivity index (χ2v) is 9.12. The molecule has 0 radical (unpaired) electrons. The number of hydrogen-bond donors (Lipinski definition) is 2. The molecule has 1 aliphatic rings. The molecule has 0 spiro atoms.